The summed E-state index contributed by atoms with van der Waals surface area (Å²) in [6, 6.07) is 12.4. The van der Waals surface area contributed by atoms with Crippen LogP contribution in [0.5, 0.6) is 17.2 Å². The van der Waals surface area contributed by atoms with Crippen molar-refractivity contribution in [1.29, 1.82) is 0 Å². The molecule has 0 fully saturated rings. The summed E-state index contributed by atoms with van der Waals surface area (Å²) in [5, 5.41) is 9.63. The molecule has 0 heterocycles. The first-order valence-corrected chi connectivity index (χ1v) is 5.78. The monoisotopic (exact) mass is 257 g/mol. The average molecular weight is 257 g/mol. The zero-order valence-corrected chi connectivity index (χ0v) is 10.8. The fourth-order valence-electron chi connectivity index (χ4n) is 1.64. The molecule has 0 amide bonds. The van der Waals surface area contributed by atoms with Crippen LogP contribution in [0.15, 0.2) is 47.5 Å². The van der Waals surface area contributed by atoms with Gasteiger partial charge in [0.25, 0.3) is 0 Å². The van der Waals surface area contributed by atoms with Crippen molar-refractivity contribution in [3.8, 4) is 17.2 Å². The van der Waals surface area contributed by atoms with E-state index in [1.54, 1.807) is 44.7 Å². The molecule has 0 aromatic heterocycles. The SMILES string of the molecule is COc1ccc(C=Nc2ccccc2O)c(OC)c1. The van der Waals surface area contributed by atoms with Gasteiger partial charge in [0, 0.05) is 17.8 Å². The molecule has 19 heavy (non-hydrogen) atoms. The minimum atomic E-state index is 0.145. The molecular weight excluding hydrogens is 242 g/mol. The Hall–Kier alpha value is -2.49. The molecule has 0 spiro atoms. The second-order valence-electron chi connectivity index (χ2n) is 3.85. The van der Waals surface area contributed by atoms with Gasteiger partial charge >= 0.3 is 0 Å². The van der Waals surface area contributed by atoms with Crippen LogP contribution in [-0.4, -0.2) is 25.5 Å². The number of phenols is 1. The van der Waals surface area contributed by atoms with E-state index in [9.17, 15) is 5.11 Å². The average Bonchev–Trinajstić information content (AvgIpc) is 2.46. The Labute approximate surface area is 111 Å². The van der Waals surface area contributed by atoms with E-state index in [0.717, 1.165) is 11.3 Å². The fraction of sp³-hybridized carbons (Fsp3) is 0.133. The third-order valence-electron chi connectivity index (χ3n) is 2.67. The topological polar surface area (TPSA) is 51.0 Å². The summed E-state index contributed by atoms with van der Waals surface area (Å²) >= 11 is 0. The van der Waals surface area contributed by atoms with Gasteiger partial charge in [0.1, 0.15) is 22.9 Å². The maximum atomic E-state index is 9.63. The van der Waals surface area contributed by atoms with Gasteiger partial charge in [-0.3, -0.25) is 4.99 Å². The molecule has 4 heteroatoms. The molecule has 0 aliphatic heterocycles. The first-order valence-electron chi connectivity index (χ1n) is 5.78. The Morgan fingerprint density at radius 3 is 2.53 bits per heavy atom. The number of aliphatic imine (C=N–C) groups is 1. The Morgan fingerprint density at radius 1 is 1.05 bits per heavy atom. The van der Waals surface area contributed by atoms with Crippen LogP contribution >= 0.6 is 0 Å². The molecule has 0 aliphatic rings. The minimum Gasteiger partial charge on any atom is -0.506 e. The van der Waals surface area contributed by atoms with Crippen LogP contribution in [0.25, 0.3) is 0 Å². The highest BCUT2D eigenvalue weighted by molar-refractivity contribution is 5.86. The van der Waals surface area contributed by atoms with Gasteiger partial charge in [0.2, 0.25) is 0 Å². The summed E-state index contributed by atoms with van der Waals surface area (Å²) in [7, 11) is 3.19. The zero-order valence-electron chi connectivity index (χ0n) is 10.8. The Kier molecular flexibility index (Phi) is 4.03. The van der Waals surface area contributed by atoms with Gasteiger partial charge in [-0.2, -0.15) is 0 Å². The molecule has 2 aromatic rings. The van der Waals surface area contributed by atoms with Crippen LogP contribution < -0.4 is 9.47 Å². The molecule has 0 bridgehead atoms. The maximum absolute atomic E-state index is 9.63. The highest BCUT2D eigenvalue weighted by Crippen LogP contribution is 2.27. The molecule has 2 aromatic carbocycles. The molecule has 0 aliphatic carbocycles. The van der Waals surface area contributed by atoms with Crippen molar-refractivity contribution in [3.05, 3.63) is 48.0 Å². The van der Waals surface area contributed by atoms with Crippen LogP contribution in [0.1, 0.15) is 5.56 Å². The summed E-state index contributed by atoms with van der Waals surface area (Å²) in [6.45, 7) is 0. The van der Waals surface area contributed by atoms with Gasteiger partial charge in [0.05, 0.1) is 14.2 Å². The van der Waals surface area contributed by atoms with E-state index >= 15 is 0 Å². The van der Waals surface area contributed by atoms with Gasteiger partial charge in [-0.15, -0.1) is 0 Å². The van der Waals surface area contributed by atoms with Crippen molar-refractivity contribution < 1.29 is 14.6 Å². The number of aromatic hydroxyl groups is 1. The van der Waals surface area contributed by atoms with E-state index in [1.165, 1.54) is 0 Å². The molecule has 0 unspecified atom stereocenters. The number of ether oxygens (including phenoxy) is 2. The van der Waals surface area contributed by atoms with E-state index in [-0.39, 0.29) is 5.75 Å². The second kappa shape index (κ2) is 5.91. The molecule has 2 rings (SSSR count). The highest BCUT2D eigenvalue weighted by Gasteiger charge is 2.03. The molecule has 0 saturated carbocycles. The molecule has 98 valence electrons. The Bertz CT molecular complexity index is 594. The van der Waals surface area contributed by atoms with Crippen LogP contribution in [0, 0.1) is 0 Å². The molecule has 4 nitrogen and oxygen atoms in total. The van der Waals surface area contributed by atoms with E-state index in [1.807, 2.05) is 18.2 Å². The Morgan fingerprint density at radius 2 is 1.84 bits per heavy atom. The third-order valence-corrected chi connectivity index (χ3v) is 2.67. The van der Waals surface area contributed by atoms with Gasteiger partial charge in [0.15, 0.2) is 0 Å². The number of rotatable bonds is 4. The van der Waals surface area contributed by atoms with Crippen molar-refractivity contribution in [2.75, 3.05) is 14.2 Å². The van der Waals surface area contributed by atoms with Crippen molar-refractivity contribution in [2.24, 2.45) is 4.99 Å². The van der Waals surface area contributed by atoms with Gasteiger partial charge in [-0.1, -0.05) is 12.1 Å². The van der Waals surface area contributed by atoms with Crippen LogP contribution in [-0.2, 0) is 0 Å². The van der Waals surface area contributed by atoms with E-state index in [2.05, 4.69) is 4.99 Å². The van der Waals surface area contributed by atoms with E-state index in [4.69, 9.17) is 9.47 Å². The number of nitrogens with zero attached hydrogens (tertiary/aromatic N) is 1. The van der Waals surface area contributed by atoms with Crippen molar-refractivity contribution >= 4 is 11.9 Å². The standard InChI is InChI=1S/C15H15NO3/c1-18-12-8-7-11(15(9-12)19-2)10-16-13-5-3-4-6-14(13)17/h3-10,17H,1-2H3. The lowest BCUT2D eigenvalue weighted by Gasteiger charge is -2.07. The lowest BCUT2D eigenvalue weighted by Crippen LogP contribution is -1.92. The highest BCUT2D eigenvalue weighted by atomic mass is 16.5. The molecule has 0 radical (unpaired) electrons. The minimum absolute atomic E-state index is 0.145. The molecular formula is C15H15NO3. The fourth-order valence-corrected chi connectivity index (χ4v) is 1.64. The largest absolute Gasteiger partial charge is 0.506 e. The third kappa shape index (κ3) is 3.04. The molecule has 0 atom stereocenters. The summed E-state index contributed by atoms with van der Waals surface area (Å²) in [5.41, 5.74) is 1.33. The summed E-state index contributed by atoms with van der Waals surface area (Å²) < 4.78 is 10.4. The number of hydrogen-bond donors (Lipinski definition) is 1. The number of phenolic OH excluding ortho intramolecular Hbond substituents is 1. The number of para-hydroxylation sites is 2. The van der Waals surface area contributed by atoms with Gasteiger partial charge in [-0.25, -0.2) is 0 Å². The van der Waals surface area contributed by atoms with Crippen molar-refractivity contribution in [2.45, 2.75) is 0 Å². The predicted molar refractivity (Wildman–Crippen MR) is 74.9 cm³/mol. The first kappa shape index (κ1) is 13.0. The first-order chi connectivity index (χ1) is 9.24. The van der Waals surface area contributed by atoms with Crippen molar-refractivity contribution in [3.63, 3.8) is 0 Å². The lowest BCUT2D eigenvalue weighted by atomic mass is 10.2. The predicted octanol–water partition coefficient (Wildman–Crippen LogP) is 3.16. The smallest absolute Gasteiger partial charge is 0.141 e. The van der Waals surface area contributed by atoms with E-state index in [0.29, 0.717) is 11.4 Å². The van der Waals surface area contributed by atoms with E-state index < -0.39 is 0 Å². The molecule has 1 N–H and O–H groups in total. The number of methoxy groups -OCH3 is 2. The van der Waals surface area contributed by atoms with Gasteiger partial charge < -0.3 is 14.6 Å². The normalized spacial score (nSPS) is 10.6. The second-order valence-corrected chi connectivity index (χ2v) is 3.85. The van der Waals surface area contributed by atoms with Gasteiger partial charge in [-0.05, 0) is 24.3 Å². The number of hydrogen-bond acceptors (Lipinski definition) is 4. The summed E-state index contributed by atoms with van der Waals surface area (Å²) in [5.74, 6) is 1.53. The van der Waals surface area contributed by atoms with Crippen molar-refractivity contribution in [1.82, 2.24) is 0 Å². The van der Waals surface area contributed by atoms with Crippen LogP contribution in [0.2, 0.25) is 0 Å². The zero-order chi connectivity index (χ0) is 13.7. The van der Waals surface area contributed by atoms with Crippen LogP contribution in [0.4, 0.5) is 5.69 Å². The Balaban J connectivity index is 2.30. The molecule has 0 saturated heterocycles. The quantitative estimate of drug-likeness (QED) is 0.856. The number of benzene rings is 2. The van der Waals surface area contributed by atoms with Crippen LogP contribution in [0.3, 0.4) is 0 Å². The lowest BCUT2D eigenvalue weighted by molar-refractivity contribution is 0.394. The maximum Gasteiger partial charge on any atom is 0.141 e. The summed E-state index contributed by atoms with van der Waals surface area (Å²) in [4.78, 5) is 4.24. The summed E-state index contributed by atoms with van der Waals surface area (Å²) in [6.07, 6.45) is 1.65.